The Balaban J connectivity index is 1.96. The number of hydrazone groups is 1. The van der Waals surface area contributed by atoms with Crippen LogP contribution in [0.2, 0.25) is 0 Å². The van der Waals surface area contributed by atoms with Gasteiger partial charge in [0.25, 0.3) is 10.0 Å². The quantitative estimate of drug-likeness (QED) is 0.652. The summed E-state index contributed by atoms with van der Waals surface area (Å²) in [5.41, 5.74) is 1.94. The predicted molar refractivity (Wildman–Crippen MR) is 92.5 cm³/mol. The van der Waals surface area contributed by atoms with Gasteiger partial charge in [0.1, 0.15) is 5.71 Å². The van der Waals surface area contributed by atoms with Crippen LogP contribution >= 0.6 is 0 Å². The molecule has 2 aliphatic rings. The summed E-state index contributed by atoms with van der Waals surface area (Å²) >= 11 is 0. The molecule has 0 atom stereocenters. The first kappa shape index (κ1) is 16.5. The zero-order chi connectivity index (χ0) is 18.5. The molecule has 0 radical (unpaired) electrons. The van der Waals surface area contributed by atoms with Crippen molar-refractivity contribution in [3.05, 3.63) is 64.7 Å². The van der Waals surface area contributed by atoms with Gasteiger partial charge in [-0.2, -0.15) is 17.9 Å². The lowest BCUT2D eigenvalue weighted by Gasteiger charge is -2.30. The fourth-order valence-electron chi connectivity index (χ4n) is 3.17. The van der Waals surface area contributed by atoms with Crippen LogP contribution in [0.15, 0.2) is 52.5 Å². The van der Waals surface area contributed by atoms with Gasteiger partial charge in [0.05, 0.1) is 11.5 Å². The van der Waals surface area contributed by atoms with Gasteiger partial charge < -0.3 is 4.74 Å². The molecule has 0 fully saturated rings. The van der Waals surface area contributed by atoms with Gasteiger partial charge in [0, 0.05) is 22.3 Å². The first-order chi connectivity index (χ1) is 12.4. The number of sulfonamides is 1. The number of carbonyl (C=O) groups is 2. The first-order valence-corrected chi connectivity index (χ1v) is 9.43. The Bertz CT molecular complexity index is 1090. The van der Waals surface area contributed by atoms with Crippen LogP contribution in [0.4, 0.5) is 0 Å². The summed E-state index contributed by atoms with van der Waals surface area (Å²) in [6.07, 6.45) is 0. The van der Waals surface area contributed by atoms with Gasteiger partial charge in [0.2, 0.25) is 0 Å². The molecule has 2 aromatic rings. The zero-order valence-electron chi connectivity index (χ0n) is 13.8. The highest BCUT2D eigenvalue weighted by atomic mass is 32.2. The number of esters is 1. The topological polar surface area (TPSA) is 93.1 Å². The van der Waals surface area contributed by atoms with Crippen molar-refractivity contribution in [2.45, 2.75) is 11.8 Å². The predicted octanol–water partition coefficient (Wildman–Crippen LogP) is 1.55. The number of hydrogen-bond acceptors (Lipinski definition) is 6. The second kappa shape index (κ2) is 5.77. The van der Waals surface area contributed by atoms with Crippen molar-refractivity contribution in [2.24, 2.45) is 5.10 Å². The molecule has 4 rings (SSSR count). The number of benzene rings is 2. The highest BCUT2D eigenvalue weighted by molar-refractivity contribution is 7.89. The maximum absolute atomic E-state index is 12.9. The molecular weight excluding hydrogens is 356 g/mol. The maximum Gasteiger partial charge on any atom is 0.328 e. The summed E-state index contributed by atoms with van der Waals surface area (Å²) in [5, 5.41) is 4.21. The van der Waals surface area contributed by atoms with Crippen LogP contribution in [0, 0.1) is 0 Å². The molecule has 2 aromatic carbocycles. The Morgan fingerprint density at radius 3 is 2.50 bits per heavy atom. The standard InChI is InChI=1S/C18H14N2O5S/c1-2-25-15(21)10-20-19-17-11-6-3-4-7-12(11)18(22)13-8-5-9-14(16(13)17)26(20,23)24/h3-9H,2,10H2,1H3. The summed E-state index contributed by atoms with van der Waals surface area (Å²) < 4.78 is 31.4. The molecule has 1 aliphatic heterocycles. The third kappa shape index (κ3) is 2.26. The van der Waals surface area contributed by atoms with E-state index in [9.17, 15) is 18.0 Å². The lowest BCUT2D eigenvalue weighted by Crippen LogP contribution is -2.39. The van der Waals surface area contributed by atoms with Crippen molar-refractivity contribution >= 4 is 27.5 Å². The fourth-order valence-corrected chi connectivity index (χ4v) is 4.57. The maximum atomic E-state index is 12.9. The summed E-state index contributed by atoms with van der Waals surface area (Å²) in [6, 6.07) is 11.4. The molecule has 0 unspecified atom stereocenters. The van der Waals surface area contributed by atoms with E-state index in [1.165, 1.54) is 12.1 Å². The Hall–Kier alpha value is -3.00. The van der Waals surface area contributed by atoms with Gasteiger partial charge in [-0.25, -0.2) is 0 Å². The van der Waals surface area contributed by atoms with Gasteiger partial charge in [-0.3, -0.25) is 9.59 Å². The third-order valence-electron chi connectivity index (χ3n) is 4.27. The zero-order valence-corrected chi connectivity index (χ0v) is 14.6. The number of ether oxygens (including phenoxy) is 1. The Kier molecular flexibility index (Phi) is 3.66. The molecule has 0 aromatic heterocycles. The van der Waals surface area contributed by atoms with Crippen LogP contribution < -0.4 is 0 Å². The second-order valence-electron chi connectivity index (χ2n) is 5.79. The second-order valence-corrected chi connectivity index (χ2v) is 7.60. The van der Waals surface area contributed by atoms with Gasteiger partial charge in [-0.05, 0) is 13.0 Å². The highest BCUT2D eigenvalue weighted by Crippen LogP contribution is 2.36. The molecular formula is C18H14N2O5S. The van der Waals surface area contributed by atoms with Crippen LogP contribution in [0.3, 0.4) is 0 Å². The molecule has 0 N–H and O–H groups in total. The third-order valence-corrected chi connectivity index (χ3v) is 5.93. The molecule has 0 amide bonds. The molecule has 26 heavy (non-hydrogen) atoms. The molecule has 0 spiro atoms. The average molecular weight is 370 g/mol. The number of ketones is 1. The van der Waals surface area contributed by atoms with Gasteiger partial charge in [0.15, 0.2) is 12.3 Å². The molecule has 8 heteroatoms. The minimum absolute atomic E-state index is 0.0350. The van der Waals surface area contributed by atoms with E-state index in [0.29, 0.717) is 22.4 Å². The minimum Gasteiger partial charge on any atom is -0.465 e. The first-order valence-electron chi connectivity index (χ1n) is 7.99. The number of rotatable bonds is 3. The number of carbonyl (C=O) groups excluding carboxylic acids is 2. The van der Waals surface area contributed by atoms with E-state index < -0.39 is 22.5 Å². The molecule has 0 bridgehead atoms. The number of nitrogens with zero attached hydrogens (tertiary/aromatic N) is 2. The summed E-state index contributed by atoms with van der Waals surface area (Å²) in [6.45, 7) is 1.25. The minimum atomic E-state index is -4.06. The van der Waals surface area contributed by atoms with E-state index in [1.807, 2.05) is 0 Å². The number of hydrogen-bond donors (Lipinski definition) is 0. The van der Waals surface area contributed by atoms with E-state index in [1.54, 1.807) is 37.3 Å². The lowest BCUT2D eigenvalue weighted by molar-refractivity contribution is -0.143. The van der Waals surface area contributed by atoms with Crippen molar-refractivity contribution in [1.29, 1.82) is 0 Å². The van der Waals surface area contributed by atoms with E-state index in [4.69, 9.17) is 4.74 Å². The van der Waals surface area contributed by atoms with Crippen LogP contribution in [0.5, 0.6) is 0 Å². The van der Waals surface area contributed by atoms with Crippen molar-refractivity contribution in [3.8, 4) is 0 Å². The van der Waals surface area contributed by atoms with Crippen LogP contribution in [0.25, 0.3) is 0 Å². The van der Waals surface area contributed by atoms with Crippen molar-refractivity contribution in [1.82, 2.24) is 4.41 Å². The normalized spacial score (nSPS) is 16.4. The van der Waals surface area contributed by atoms with Crippen LogP contribution in [-0.2, 0) is 19.6 Å². The lowest BCUT2D eigenvalue weighted by atomic mass is 9.83. The molecule has 7 nitrogen and oxygen atoms in total. The van der Waals surface area contributed by atoms with Crippen LogP contribution in [0.1, 0.15) is 34.0 Å². The van der Waals surface area contributed by atoms with E-state index in [0.717, 1.165) is 4.41 Å². The van der Waals surface area contributed by atoms with Crippen molar-refractivity contribution < 1.29 is 22.7 Å². The molecule has 132 valence electrons. The molecule has 1 heterocycles. The van der Waals surface area contributed by atoms with Gasteiger partial charge in [-0.15, -0.1) is 0 Å². The number of fused-ring (bicyclic) bond motifs is 2. The summed E-state index contributed by atoms with van der Waals surface area (Å²) in [7, 11) is -4.06. The van der Waals surface area contributed by atoms with Crippen molar-refractivity contribution in [3.63, 3.8) is 0 Å². The van der Waals surface area contributed by atoms with E-state index in [2.05, 4.69) is 5.10 Å². The Morgan fingerprint density at radius 2 is 1.77 bits per heavy atom. The molecule has 0 saturated carbocycles. The average Bonchev–Trinajstić information content (AvgIpc) is 2.63. The van der Waals surface area contributed by atoms with Crippen LogP contribution in [-0.4, -0.2) is 43.4 Å². The molecule has 1 aliphatic carbocycles. The van der Waals surface area contributed by atoms with Gasteiger partial charge in [-0.1, -0.05) is 36.4 Å². The Labute approximate surface area is 149 Å². The molecule has 0 saturated heterocycles. The largest absolute Gasteiger partial charge is 0.465 e. The fraction of sp³-hybridized carbons (Fsp3) is 0.167. The highest BCUT2D eigenvalue weighted by Gasteiger charge is 2.40. The van der Waals surface area contributed by atoms with Gasteiger partial charge >= 0.3 is 5.97 Å². The van der Waals surface area contributed by atoms with E-state index >= 15 is 0 Å². The Morgan fingerprint density at radius 1 is 1.08 bits per heavy atom. The smallest absolute Gasteiger partial charge is 0.328 e. The monoisotopic (exact) mass is 370 g/mol. The van der Waals surface area contributed by atoms with E-state index in [-0.39, 0.29) is 22.8 Å². The van der Waals surface area contributed by atoms with Crippen molar-refractivity contribution in [2.75, 3.05) is 13.2 Å². The summed E-state index contributed by atoms with van der Waals surface area (Å²) in [4.78, 5) is 24.6. The SMILES string of the molecule is CCOC(=O)CN1N=C2c3ccccc3C(=O)c3cccc(c32)S1(=O)=O. The summed E-state index contributed by atoms with van der Waals surface area (Å²) in [5.74, 6) is -0.939.